The number of rotatable bonds is 3. The maximum Gasteiger partial charge on any atom is 0.431 e. The summed E-state index contributed by atoms with van der Waals surface area (Å²) in [5, 5.41) is 11.1. The smallest absolute Gasteiger partial charge is 0.431 e. The van der Waals surface area contributed by atoms with Crippen LogP contribution in [0.5, 0.6) is 0 Å². The molecule has 10 heteroatoms. The summed E-state index contributed by atoms with van der Waals surface area (Å²) in [7, 11) is 0. The van der Waals surface area contributed by atoms with Gasteiger partial charge < -0.3 is 14.2 Å². The number of hydrazine groups is 1. The van der Waals surface area contributed by atoms with Crippen molar-refractivity contribution >= 4 is 29.8 Å². The van der Waals surface area contributed by atoms with E-state index in [4.69, 9.17) is 25.8 Å². The molecule has 2 amide bonds. The molecule has 1 atom stereocenters. The molecule has 1 aromatic carbocycles. The Balaban J connectivity index is 3.77. The Morgan fingerprint density at radius 2 is 1.30 bits per heavy atom. The summed E-state index contributed by atoms with van der Waals surface area (Å²) >= 11 is 5.98. The van der Waals surface area contributed by atoms with E-state index in [-0.39, 0.29) is 5.56 Å². The van der Waals surface area contributed by atoms with Crippen molar-refractivity contribution in [3.63, 3.8) is 0 Å². The highest BCUT2D eigenvalue weighted by atomic mass is 35.5. The molecule has 1 unspecified atom stereocenters. The van der Waals surface area contributed by atoms with Gasteiger partial charge in [0.25, 0.3) is 5.54 Å². The molecule has 0 radical (unpaired) electrons. The summed E-state index contributed by atoms with van der Waals surface area (Å²) < 4.78 is 16.1. The lowest BCUT2D eigenvalue weighted by molar-refractivity contribution is -0.168. The van der Waals surface area contributed by atoms with Crippen LogP contribution in [0.1, 0.15) is 67.9 Å². The molecule has 0 saturated carbocycles. The molecule has 9 nitrogen and oxygen atoms in total. The Morgan fingerprint density at radius 3 is 1.70 bits per heavy atom. The van der Waals surface area contributed by atoms with Gasteiger partial charge in [0.05, 0.1) is 0 Å². The van der Waals surface area contributed by atoms with Crippen LogP contribution in [0.2, 0.25) is 5.02 Å². The average molecular weight is 482 g/mol. The molecule has 0 aromatic heterocycles. The monoisotopic (exact) mass is 481 g/mol. The van der Waals surface area contributed by atoms with E-state index >= 15 is 0 Å². The van der Waals surface area contributed by atoms with Crippen molar-refractivity contribution in [3.8, 4) is 6.07 Å². The van der Waals surface area contributed by atoms with Crippen molar-refractivity contribution in [2.24, 2.45) is 0 Å². The lowest BCUT2D eigenvalue weighted by Gasteiger charge is -2.38. The highest BCUT2D eigenvalue weighted by Gasteiger charge is 2.54. The highest BCUT2D eigenvalue weighted by molar-refractivity contribution is 6.30. The van der Waals surface area contributed by atoms with Crippen molar-refractivity contribution in [3.05, 3.63) is 34.9 Å². The molecular weight excluding hydrogens is 450 g/mol. The third kappa shape index (κ3) is 8.13. The van der Waals surface area contributed by atoms with E-state index in [1.54, 1.807) is 62.3 Å². The molecule has 0 saturated heterocycles. The number of hydrogen-bond donors (Lipinski definition) is 1. The van der Waals surface area contributed by atoms with E-state index in [0.717, 1.165) is 0 Å². The van der Waals surface area contributed by atoms with Crippen molar-refractivity contribution < 1.29 is 28.6 Å². The lowest BCUT2D eigenvalue weighted by Crippen LogP contribution is -2.63. The second-order valence-electron chi connectivity index (χ2n) is 10.3. The van der Waals surface area contributed by atoms with Gasteiger partial charge in [-0.2, -0.15) is 10.3 Å². The Hall–Kier alpha value is -2.99. The van der Waals surface area contributed by atoms with E-state index in [1.807, 2.05) is 6.07 Å². The standard InChI is InChI=1S/C23H32ClN3O6/c1-20(2,3)31-17(28)23(14-25,15-10-12-16(24)13-11-15)27(19(30)33-22(7,8)9)26-18(29)32-21(4,5)6/h10-13H,1-9H3,(H,26,29). The fraction of sp³-hybridized carbons (Fsp3) is 0.565. The summed E-state index contributed by atoms with van der Waals surface area (Å²) in [6, 6.07) is 7.48. The normalized spacial score (nSPS) is 13.7. The molecule has 1 aromatic rings. The molecule has 0 aliphatic rings. The molecule has 1 rings (SSSR count). The predicted octanol–water partition coefficient (Wildman–Crippen LogP) is 5.08. The van der Waals surface area contributed by atoms with Crippen LogP contribution < -0.4 is 5.43 Å². The van der Waals surface area contributed by atoms with Gasteiger partial charge >= 0.3 is 18.2 Å². The second-order valence-corrected chi connectivity index (χ2v) is 10.7. The van der Waals surface area contributed by atoms with Crippen LogP contribution in [0.4, 0.5) is 9.59 Å². The van der Waals surface area contributed by atoms with Gasteiger partial charge in [0.2, 0.25) is 0 Å². The molecule has 0 spiro atoms. The van der Waals surface area contributed by atoms with Crippen molar-refractivity contribution in [2.45, 2.75) is 84.7 Å². The maximum absolute atomic E-state index is 13.5. The van der Waals surface area contributed by atoms with E-state index in [0.29, 0.717) is 10.0 Å². The molecule has 0 aliphatic heterocycles. The Labute approximate surface area is 199 Å². The van der Waals surface area contributed by atoms with Crippen LogP contribution >= 0.6 is 11.6 Å². The van der Waals surface area contributed by atoms with Crippen LogP contribution in [0.25, 0.3) is 0 Å². The Morgan fingerprint density at radius 1 is 0.848 bits per heavy atom. The number of carbonyl (C=O) groups excluding carboxylic acids is 3. The number of amides is 2. The van der Waals surface area contributed by atoms with Gasteiger partial charge in [-0.05, 0) is 74.4 Å². The van der Waals surface area contributed by atoms with Gasteiger partial charge in [-0.3, -0.25) is 0 Å². The van der Waals surface area contributed by atoms with Gasteiger partial charge in [-0.15, -0.1) is 0 Å². The predicted molar refractivity (Wildman–Crippen MR) is 122 cm³/mol. The van der Waals surface area contributed by atoms with Crippen LogP contribution in [-0.2, 0) is 24.5 Å². The van der Waals surface area contributed by atoms with Gasteiger partial charge in [-0.1, -0.05) is 23.7 Å². The van der Waals surface area contributed by atoms with Crippen LogP contribution in [0.3, 0.4) is 0 Å². The molecular formula is C23H32ClN3O6. The maximum atomic E-state index is 13.5. The first-order chi connectivity index (χ1) is 14.8. The first-order valence-corrected chi connectivity index (χ1v) is 10.6. The van der Waals surface area contributed by atoms with Gasteiger partial charge in [0.1, 0.15) is 22.9 Å². The fourth-order valence-electron chi connectivity index (χ4n) is 2.51. The number of nitrogens with one attached hydrogen (secondary N) is 1. The SMILES string of the molecule is CC(C)(C)OC(=O)NN(C(=O)OC(C)(C)C)C(C#N)(C(=O)OC(C)(C)C)c1ccc(Cl)cc1. The third-order valence-electron chi connectivity index (χ3n) is 3.63. The summed E-state index contributed by atoms with van der Waals surface area (Å²) in [4.78, 5) is 39.3. The molecule has 33 heavy (non-hydrogen) atoms. The summed E-state index contributed by atoms with van der Waals surface area (Å²) in [5.74, 6) is -1.11. The van der Waals surface area contributed by atoms with E-state index in [1.165, 1.54) is 24.3 Å². The Bertz CT molecular complexity index is 920. The number of halogens is 1. The average Bonchev–Trinajstić information content (AvgIpc) is 2.58. The first-order valence-electron chi connectivity index (χ1n) is 10.2. The van der Waals surface area contributed by atoms with Gasteiger partial charge in [0, 0.05) is 10.6 Å². The number of nitrogens with zero attached hydrogens (tertiary/aromatic N) is 2. The summed E-state index contributed by atoms with van der Waals surface area (Å²) in [5.41, 5.74) is -3.19. The minimum Gasteiger partial charge on any atom is -0.457 e. The minimum atomic E-state index is -2.46. The van der Waals surface area contributed by atoms with E-state index in [9.17, 15) is 19.6 Å². The largest absolute Gasteiger partial charge is 0.457 e. The number of hydrogen-bond acceptors (Lipinski definition) is 7. The number of nitriles is 1. The van der Waals surface area contributed by atoms with Crippen molar-refractivity contribution in [1.29, 1.82) is 5.26 Å². The van der Waals surface area contributed by atoms with E-state index in [2.05, 4.69) is 5.43 Å². The highest BCUT2D eigenvalue weighted by Crippen LogP contribution is 2.33. The minimum absolute atomic E-state index is 0.0190. The number of ether oxygens (including phenoxy) is 3. The summed E-state index contributed by atoms with van der Waals surface area (Å²) in [6.45, 7) is 14.5. The molecule has 182 valence electrons. The molecule has 1 N–H and O–H groups in total. The lowest BCUT2D eigenvalue weighted by atomic mass is 9.90. The van der Waals surface area contributed by atoms with Crippen LogP contribution in [0.15, 0.2) is 24.3 Å². The number of carbonyl (C=O) groups is 3. The van der Waals surface area contributed by atoms with Gasteiger partial charge in [0.15, 0.2) is 0 Å². The fourth-order valence-corrected chi connectivity index (χ4v) is 2.63. The van der Waals surface area contributed by atoms with E-state index < -0.39 is 40.5 Å². The zero-order chi connectivity index (χ0) is 25.8. The zero-order valence-electron chi connectivity index (χ0n) is 20.5. The zero-order valence-corrected chi connectivity index (χ0v) is 21.3. The summed E-state index contributed by atoms with van der Waals surface area (Å²) in [6.07, 6.45) is -2.25. The Kier molecular flexibility index (Phi) is 8.39. The van der Waals surface area contributed by atoms with Crippen molar-refractivity contribution in [1.82, 2.24) is 10.4 Å². The van der Waals surface area contributed by atoms with Crippen LogP contribution in [0, 0.1) is 11.3 Å². The first kappa shape index (κ1) is 28.0. The number of esters is 1. The second kappa shape index (κ2) is 9.87. The van der Waals surface area contributed by atoms with Crippen LogP contribution in [-0.4, -0.2) is 40.0 Å². The quantitative estimate of drug-likeness (QED) is 0.363. The third-order valence-corrected chi connectivity index (χ3v) is 3.88. The van der Waals surface area contributed by atoms with Crippen molar-refractivity contribution in [2.75, 3.05) is 0 Å². The molecule has 0 bridgehead atoms. The van der Waals surface area contributed by atoms with Gasteiger partial charge in [-0.25, -0.2) is 19.8 Å². The molecule has 0 aliphatic carbocycles. The topological polar surface area (TPSA) is 118 Å². The molecule has 0 heterocycles. The molecule has 0 fully saturated rings. The number of benzene rings is 1.